The van der Waals surface area contributed by atoms with Crippen molar-refractivity contribution in [2.75, 3.05) is 23.1 Å². The zero-order valence-electron chi connectivity index (χ0n) is 53.2. The molecule has 9 heterocycles. The van der Waals surface area contributed by atoms with E-state index in [0.717, 1.165) is 102 Å². The molecule has 0 radical (unpaired) electrons. The average molecular weight is 1470 g/mol. The summed E-state index contributed by atoms with van der Waals surface area (Å²) in [4.78, 5) is 34.8. The van der Waals surface area contributed by atoms with Crippen LogP contribution in [0, 0.1) is 5.92 Å². The third-order valence-corrected chi connectivity index (χ3v) is 14.7. The minimum Gasteiger partial charge on any atom is -1.00 e. The third-order valence-electron chi connectivity index (χ3n) is 13.9. The number of aliphatic hydroxyl groups is 1. The number of methoxy groups -OCH3 is 1. The Morgan fingerprint density at radius 3 is 1.09 bits per heavy atom. The maximum absolute atomic E-state index is 13.6. The van der Waals surface area contributed by atoms with Crippen LogP contribution in [-0.2, 0) is 23.3 Å². The topological polar surface area (TPSA) is 212 Å². The molecule has 0 aliphatic carbocycles. The number of aromatic nitrogens is 12. The number of hydrogen-bond donors (Lipinski definition) is 4. The number of nitrogens with one attached hydrogen (secondary N) is 3. The Hall–Kier alpha value is -7.09. The predicted molar refractivity (Wildman–Crippen MR) is 318 cm³/mol. The second-order valence-electron chi connectivity index (χ2n) is 21.2. The van der Waals surface area contributed by atoms with Crippen molar-refractivity contribution in [2.24, 2.45) is 5.92 Å². The van der Waals surface area contributed by atoms with Gasteiger partial charge in [0.1, 0.15) is 51.0 Å². The smallest absolute Gasteiger partial charge is 1.00 e. The van der Waals surface area contributed by atoms with Crippen LogP contribution in [-0.4, -0.2) is 113 Å². The molecule has 0 bridgehead atoms. The van der Waals surface area contributed by atoms with Crippen molar-refractivity contribution in [1.29, 1.82) is 0 Å². The minimum atomic E-state index is -4.87. The first-order chi connectivity index (χ1) is 44.3. The Labute approximate surface area is 576 Å². The molecule has 0 amide bonds. The van der Waals surface area contributed by atoms with Crippen LogP contribution >= 0.6 is 34.8 Å². The van der Waals surface area contributed by atoms with Gasteiger partial charge < -0.3 is 27.2 Å². The molecule has 0 spiro atoms. The van der Waals surface area contributed by atoms with E-state index >= 15 is 0 Å². The first kappa shape index (κ1) is 80.6. The Kier molecular flexibility index (Phi) is 26.1. The number of carbonyl (C=O) groups is 1. The van der Waals surface area contributed by atoms with Gasteiger partial charge in [0.25, 0.3) is 0 Å². The van der Waals surface area contributed by atoms with E-state index in [9.17, 15) is 88.9 Å². The molecular weight excluding hydrogens is 1410 g/mol. The summed E-state index contributed by atoms with van der Waals surface area (Å²) in [5.41, 5.74) is -7.09. The standard InChI is InChI=1S/C18H16ClF6N5O.C17H14ClF6N5O.C17H12ClF6N5O.C5H12.Na.H/c1-8(31-3)10-7-27-30-15(10)29-14(19)12(16(30)28-9(2)17(20,21)22)13-11(18(23,24)25)5-4-6-26-13;2*1-7(30)9-6-26-29-14(9)28-13(18)11(15(29)27-8(2)16(19,20)21)12-10(17(22,23)24)4-3-5-25-12;1-4-5(2)3;;/h4-9,28H,1-3H3;3-8,27,30H,1-2H3;3-6,8,27H,1-2H3;5H,4H2,1-3H3;;/q;;;;+1;-1. The van der Waals surface area contributed by atoms with Crippen molar-refractivity contribution in [3.8, 4) is 33.8 Å². The zero-order valence-corrected chi connectivity index (χ0v) is 56.4. The number of aliphatic hydroxyl groups excluding tert-OH is 1. The van der Waals surface area contributed by atoms with Crippen molar-refractivity contribution < 1.29 is 125 Å². The molecule has 97 heavy (non-hydrogen) atoms. The number of carbonyl (C=O) groups excluding carboxylic acids is 1. The molecule has 9 rings (SSSR count). The number of fused-ring (bicyclic) bond motifs is 3. The molecule has 9 aromatic heterocycles. The van der Waals surface area contributed by atoms with E-state index in [1.807, 2.05) is 0 Å². The Balaban J connectivity index is 0.000000298. The van der Waals surface area contributed by atoms with Gasteiger partial charge in [-0.3, -0.25) is 19.7 Å². The minimum absolute atomic E-state index is 0. The van der Waals surface area contributed by atoms with Gasteiger partial charge in [-0.05, 0) is 83.9 Å². The number of alkyl halides is 18. The maximum Gasteiger partial charge on any atom is 1.00 e. The molecule has 5 atom stereocenters. The quantitative estimate of drug-likeness (QED) is 0.0345. The second-order valence-corrected chi connectivity index (χ2v) is 22.2. The van der Waals surface area contributed by atoms with Crippen LogP contribution in [0.25, 0.3) is 50.7 Å². The summed E-state index contributed by atoms with van der Waals surface area (Å²) in [6, 6.07) is -1.19. The van der Waals surface area contributed by atoms with Crippen molar-refractivity contribution in [2.45, 2.75) is 136 Å². The monoisotopic (exact) mass is 1470 g/mol. The SMILES string of the molecule is CC(=O)c1cnn2c(NC(C)C(F)(F)F)c(-c3ncccc3C(F)(F)F)c(Cl)nc12.CC(O)c1cnn2c(NC(C)C(F)(F)F)c(-c3ncccc3C(F)(F)F)c(Cl)nc12.CCC(C)C.COC(C)c1cnn2c(NC(C)C(F)(F)F)c(-c3ncccc3C(F)(F)F)c(Cl)nc12.[H-].[Na+]. The number of pyridine rings is 3. The van der Waals surface area contributed by atoms with Crippen LogP contribution in [0.4, 0.5) is 96.5 Å². The van der Waals surface area contributed by atoms with Gasteiger partial charge in [-0.1, -0.05) is 62.0 Å². The molecule has 0 saturated carbocycles. The van der Waals surface area contributed by atoms with E-state index < -0.39 is 157 Å². The Morgan fingerprint density at radius 2 is 0.814 bits per heavy atom. The van der Waals surface area contributed by atoms with Crippen LogP contribution in [0.5, 0.6) is 0 Å². The number of ketones is 1. The van der Waals surface area contributed by atoms with Gasteiger partial charge in [-0.25, -0.2) is 15.0 Å². The van der Waals surface area contributed by atoms with Crippen LogP contribution in [0.3, 0.4) is 0 Å². The molecule has 0 aliphatic heterocycles. The number of ether oxygens (including phenoxy) is 1. The summed E-state index contributed by atoms with van der Waals surface area (Å²) in [6.07, 6.45) is -22.5. The third kappa shape index (κ3) is 18.8. The second kappa shape index (κ2) is 31.4. The van der Waals surface area contributed by atoms with E-state index in [4.69, 9.17) is 39.5 Å². The largest absolute Gasteiger partial charge is 1.00 e. The van der Waals surface area contributed by atoms with Gasteiger partial charge in [0, 0.05) is 36.8 Å². The molecule has 0 saturated heterocycles. The fraction of sp³-hybridized carbons (Fsp3) is 0.404. The fourth-order valence-electron chi connectivity index (χ4n) is 8.28. The van der Waals surface area contributed by atoms with Gasteiger partial charge in [0.2, 0.25) is 0 Å². The molecule has 0 fully saturated rings. The van der Waals surface area contributed by atoms with Gasteiger partial charge in [0.15, 0.2) is 22.7 Å². The normalized spacial score (nSPS) is 13.9. The number of nitrogens with zero attached hydrogens (tertiary/aromatic N) is 12. The number of anilines is 3. The molecule has 0 aromatic carbocycles. The van der Waals surface area contributed by atoms with Crippen LogP contribution in [0.15, 0.2) is 73.6 Å². The molecule has 524 valence electrons. The number of Topliss-reactive ketones (excluding diaryl/α,β-unsaturated/α-hetero) is 1. The van der Waals surface area contributed by atoms with Crippen LogP contribution in [0.2, 0.25) is 15.5 Å². The van der Waals surface area contributed by atoms with Crippen LogP contribution in [0.1, 0.15) is 121 Å². The molecule has 4 N–H and O–H groups in total. The van der Waals surface area contributed by atoms with Crippen molar-refractivity contribution in [1.82, 2.24) is 58.7 Å². The van der Waals surface area contributed by atoms with E-state index in [1.165, 1.54) is 33.6 Å². The van der Waals surface area contributed by atoms with Crippen LogP contribution < -0.4 is 45.5 Å². The van der Waals surface area contributed by atoms with E-state index in [1.54, 1.807) is 6.92 Å². The van der Waals surface area contributed by atoms with E-state index in [2.05, 4.69) is 81.9 Å². The molecule has 0 aliphatic rings. The van der Waals surface area contributed by atoms with E-state index in [0.29, 0.717) is 11.6 Å². The number of hydrogen-bond acceptors (Lipinski definition) is 15. The summed E-state index contributed by atoms with van der Waals surface area (Å²) in [5, 5.41) is 26.4. The number of halogens is 21. The summed E-state index contributed by atoms with van der Waals surface area (Å²) in [7, 11) is 1.40. The van der Waals surface area contributed by atoms with Crippen molar-refractivity contribution in [3.05, 3.63) is 122 Å². The molecular formula is C57H55Cl3F18N15NaO3. The first-order valence-electron chi connectivity index (χ1n) is 27.8. The van der Waals surface area contributed by atoms with Gasteiger partial charge in [-0.15, -0.1) is 0 Å². The summed E-state index contributed by atoms with van der Waals surface area (Å²) in [6.45, 7) is 13.2. The predicted octanol–water partition coefficient (Wildman–Crippen LogP) is 14.6. The number of rotatable bonds is 14. The molecule has 9 aromatic rings. The fourth-order valence-corrected chi connectivity index (χ4v) is 9.06. The zero-order chi connectivity index (χ0) is 72.3. The molecule has 5 unspecified atom stereocenters. The van der Waals surface area contributed by atoms with Gasteiger partial charge in [-0.2, -0.15) is 108 Å². The summed E-state index contributed by atoms with van der Waals surface area (Å²) in [5.74, 6) is -1.09. The Bertz CT molecular complexity index is 4220. The van der Waals surface area contributed by atoms with Gasteiger partial charge in [0.05, 0.1) is 86.8 Å². The molecule has 18 nitrogen and oxygen atoms in total. The average Bonchev–Trinajstić information content (AvgIpc) is 1.49. The van der Waals surface area contributed by atoms with Crippen molar-refractivity contribution in [3.63, 3.8) is 0 Å². The van der Waals surface area contributed by atoms with E-state index in [-0.39, 0.29) is 59.1 Å². The molecule has 40 heteroatoms. The summed E-state index contributed by atoms with van der Waals surface area (Å²) < 4.78 is 249. The maximum atomic E-state index is 13.6. The van der Waals surface area contributed by atoms with Gasteiger partial charge >= 0.3 is 66.6 Å². The first-order valence-corrected chi connectivity index (χ1v) is 28.9. The van der Waals surface area contributed by atoms with Crippen molar-refractivity contribution >= 4 is 75.0 Å². The Morgan fingerprint density at radius 1 is 0.526 bits per heavy atom. The summed E-state index contributed by atoms with van der Waals surface area (Å²) >= 11 is 18.5.